The van der Waals surface area contributed by atoms with E-state index in [0.29, 0.717) is 24.1 Å². The van der Waals surface area contributed by atoms with Crippen LogP contribution in [0.4, 0.5) is 5.69 Å². The van der Waals surface area contributed by atoms with Gasteiger partial charge in [-0.2, -0.15) is 0 Å². The van der Waals surface area contributed by atoms with E-state index in [9.17, 15) is 5.11 Å². The van der Waals surface area contributed by atoms with Crippen molar-refractivity contribution in [2.45, 2.75) is 13.0 Å². The van der Waals surface area contributed by atoms with Crippen molar-refractivity contribution in [3.8, 4) is 5.75 Å². The third-order valence-electron chi connectivity index (χ3n) is 5.82. The van der Waals surface area contributed by atoms with E-state index < -0.39 is 0 Å². The Morgan fingerprint density at radius 2 is 1.55 bits per heavy atom. The number of benzene rings is 3. The Bertz CT molecular complexity index is 914. The molecule has 4 rings (SSSR count). The third kappa shape index (κ3) is 5.11. The zero-order valence-corrected chi connectivity index (χ0v) is 17.2. The average Bonchev–Trinajstić information content (AvgIpc) is 3.17. The standard InChI is InChI=1S/C25H27ClN2O/c26-23-10-12-24(13-11-23)28(17-20-8-4-5-9-25(20)29)18-22-16-27-15-21(22)14-19-6-2-1-3-7-19/h1-13,21-22,27,29H,14-18H2/t21-,22+/m0/s1. The Morgan fingerprint density at radius 3 is 2.31 bits per heavy atom. The Balaban J connectivity index is 1.54. The van der Waals surface area contributed by atoms with Crippen molar-refractivity contribution in [2.24, 2.45) is 11.8 Å². The van der Waals surface area contributed by atoms with E-state index in [4.69, 9.17) is 11.6 Å². The van der Waals surface area contributed by atoms with Crippen molar-refractivity contribution in [3.05, 3.63) is 95.0 Å². The molecule has 0 unspecified atom stereocenters. The van der Waals surface area contributed by atoms with Gasteiger partial charge >= 0.3 is 0 Å². The molecule has 0 spiro atoms. The number of anilines is 1. The van der Waals surface area contributed by atoms with Crippen molar-refractivity contribution in [3.63, 3.8) is 0 Å². The Kier molecular flexibility index (Phi) is 6.38. The molecule has 0 bridgehead atoms. The second-order valence-electron chi connectivity index (χ2n) is 7.85. The predicted molar refractivity (Wildman–Crippen MR) is 121 cm³/mol. The molecule has 2 atom stereocenters. The van der Waals surface area contributed by atoms with Crippen molar-refractivity contribution in [1.29, 1.82) is 0 Å². The first-order valence-electron chi connectivity index (χ1n) is 10.2. The fourth-order valence-electron chi connectivity index (χ4n) is 4.20. The van der Waals surface area contributed by atoms with E-state index in [0.717, 1.165) is 42.3 Å². The maximum atomic E-state index is 10.3. The molecule has 0 radical (unpaired) electrons. The van der Waals surface area contributed by atoms with Crippen LogP contribution >= 0.6 is 11.6 Å². The highest BCUT2D eigenvalue weighted by atomic mass is 35.5. The minimum atomic E-state index is 0.344. The molecule has 0 amide bonds. The fraction of sp³-hybridized carbons (Fsp3) is 0.280. The monoisotopic (exact) mass is 406 g/mol. The minimum Gasteiger partial charge on any atom is -0.508 e. The van der Waals surface area contributed by atoms with E-state index in [1.165, 1.54) is 5.56 Å². The average molecular weight is 407 g/mol. The lowest BCUT2D eigenvalue weighted by atomic mass is 9.89. The summed E-state index contributed by atoms with van der Waals surface area (Å²) in [5.41, 5.74) is 3.46. The van der Waals surface area contributed by atoms with Gasteiger partial charge in [0.2, 0.25) is 0 Å². The highest BCUT2D eigenvalue weighted by Crippen LogP contribution is 2.28. The fourth-order valence-corrected chi connectivity index (χ4v) is 4.33. The van der Waals surface area contributed by atoms with Gasteiger partial charge in [0.1, 0.15) is 5.75 Å². The zero-order valence-electron chi connectivity index (χ0n) is 16.5. The second-order valence-corrected chi connectivity index (χ2v) is 8.29. The van der Waals surface area contributed by atoms with Crippen LogP contribution in [-0.4, -0.2) is 24.7 Å². The Hall–Kier alpha value is -2.49. The Morgan fingerprint density at radius 1 is 0.862 bits per heavy atom. The molecule has 1 saturated heterocycles. The van der Waals surface area contributed by atoms with Gasteiger partial charge in [-0.15, -0.1) is 0 Å². The molecular formula is C25H27ClN2O. The van der Waals surface area contributed by atoms with E-state index in [2.05, 4.69) is 52.7 Å². The molecule has 150 valence electrons. The third-order valence-corrected chi connectivity index (χ3v) is 6.07. The number of para-hydroxylation sites is 1. The molecule has 3 aromatic carbocycles. The van der Waals surface area contributed by atoms with Gasteiger partial charge in [-0.05, 0) is 67.2 Å². The van der Waals surface area contributed by atoms with Crippen molar-refractivity contribution in [1.82, 2.24) is 5.32 Å². The zero-order chi connectivity index (χ0) is 20.1. The first-order chi connectivity index (χ1) is 14.2. The summed E-state index contributed by atoms with van der Waals surface area (Å²) in [6.45, 7) is 3.66. The van der Waals surface area contributed by atoms with Gasteiger partial charge in [0.25, 0.3) is 0 Å². The number of phenols is 1. The molecule has 1 aliphatic rings. The number of rotatable bonds is 7. The molecule has 0 saturated carbocycles. The summed E-state index contributed by atoms with van der Waals surface area (Å²) in [4.78, 5) is 2.36. The van der Waals surface area contributed by atoms with Crippen LogP contribution in [0.25, 0.3) is 0 Å². The van der Waals surface area contributed by atoms with Crippen molar-refractivity contribution < 1.29 is 5.11 Å². The SMILES string of the molecule is Oc1ccccc1CN(C[C@H]1CNC[C@@H]1Cc1ccccc1)c1ccc(Cl)cc1. The van der Waals surface area contributed by atoms with Crippen LogP contribution in [0.3, 0.4) is 0 Å². The Labute approximate surface area is 178 Å². The summed E-state index contributed by atoms with van der Waals surface area (Å²) in [5.74, 6) is 1.48. The minimum absolute atomic E-state index is 0.344. The smallest absolute Gasteiger partial charge is 0.120 e. The highest BCUT2D eigenvalue weighted by molar-refractivity contribution is 6.30. The summed E-state index contributed by atoms with van der Waals surface area (Å²) in [7, 11) is 0. The van der Waals surface area contributed by atoms with Crippen molar-refractivity contribution >= 4 is 17.3 Å². The molecule has 1 fully saturated rings. The van der Waals surface area contributed by atoms with Gasteiger partial charge in [0, 0.05) is 29.4 Å². The maximum Gasteiger partial charge on any atom is 0.120 e. The normalized spacial score (nSPS) is 18.7. The number of nitrogens with zero attached hydrogens (tertiary/aromatic N) is 1. The molecule has 3 nitrogen and oxygen atoms in total. The van der Waals surface area contributed by atoms with E-state index >= 15 is 0 Å². The van der Waals surface area contributed by atoms with Gasteiger partial charge < -0.3 is 15.3 Å². The molecule has 3 aromatic rings. The summed E-state index contributed by atoms with van der Waals surface area (Å²) in [5, 5.41) is 14.6. The van der Waals surface area contributed by atoms with Gasteiger partial charge in [0.15, 0.2) is 0 Å². The highest BCUT2D eigenvalue weighted by Gasteiger charge is 2.29. The summed E-state index contributed by atoms with van der Waals surface area (Å²) in [6, 6.07) is 26.3. The van der Waals surface area contributed by atoms with Gasteiger partial charge in [0.05, 0.1) is 0 Å². The first-order valence-corrected chi connectivity index (χ1v) is 10.6. The molecule has 4 heteroatoms. The van der Waals surface area contributed by atoms with E-state index in [1.54, 1.807) is 6.07 Å². The number of aromatic hydroxyl groups is 1. The topological polar surface area (TPSA) is 35.5 Å². The van der Waals surface area contributed by atoms with Gasteiger partial charge in [-0.3, -0.25) is 0 Å². The molecule has 0 aliphatic carbocycles. The quantitative estimate of drug-likeness (QED) is 0.570. The predicted octanol–water partition coefficient (Wildman–Crippen LogP) is 5.13. The number of phenolic OH excluding ortho intramolecular Hbond substituents is 1. The lowest BCUT2D eigenvalue weighted by molar-refractivity contribution is 0.411. The number of hydrogen-bond donors (Lipinski definition) is 2. The largest absolute Gasteiger partial charge is 0.508 e. The maximum absolute atomic E-state index is 10.3. The lowest BCUT2D eigenvalue weighted by Gasteiger charge is -2.30. The van der Waals surface area contributed by atoms with Crippen LogP contribution in [0.1, 0.15) is 11.1 Å². The van der Waals surface area contributed by atoms with E-state index in [1.807, 2.05) is 30.3 Å². The molecular weight excluding hydrogens is 380 g/mol. The number of halogens is 1. The van der Waals surface area contributed by atoms with Crippen molar-refractivity contribution in [2.75, 3.05) is 24.5 Å². The van der Waals surface area contributed by atoms with Gasteiger partial charge in [-0.1, -0.05) is 60.1 Å². The van der Waals surface area contributed by atoms with Crippen LogP contribution in [-0.2, 0) is 13.0 Å². The molecule has 29 heavy (non-hydrogen) atoms. The summed E-state index contributed by atoms with van der Waals surface area (Å²) >= 11 is 6.12. The molecule has 1 heterocycles. The van der Waals surface area contributed by atoms with E-state index in [-0.39, 0.29) is 0 Å². The van der Waals surface area contributed by atoms with Crippen LogP contribution in [0, 0.1) is 11.8 Å². The molecule has 0 aromatic heterocycles. The summed E-state index contributed by atoms with van der Waals surface area (Å²) in [6.07, 6.45) is 1.09. The lowest BCUT2D eigenvalue weighted by Crippen LogP contribution is -2.33. The van der Waals surface area contributed by atoms with Crippen LogP contribution in [0.2, 0.25) is 5.02 Å². The van der Waals surface area contributed by atoms with Crippen LogP contribution < -0.4 is 10.2 Å². The second kappa shape index (κ2) is 9.34. The number of hydrogen-bond acceptors (Lipinski definition) is 3. The van der Waals surface area contributed by atoms with Gasteiger partial charge in [-0.25, -0.2) is 0 Å². The summed E-state index contributed by atoms with van der Waals surface area (Å²) < 4.78 is 0. The van der Waals surface area contributed by atoms with Crippen LogP contribution in [0.15, 0.2) is 78.9 Å². The number of nitrogens with one attached hydrogen (secondary N) is 1. The van der Waals surface area contributed by atoms with Crippen LogP contribution in [0.5, 0.6) is 5.75 Å². The molecule has 2 N–H and O–H groups in total. The first kappa shape index (κ1) is 19.8. The molecule has 1 aliphatic heterocycles.